The van der Waals surface area contributed by atoms with Crippen LogP contribution in [-0.4, -0.2) is 22.4 Å². The Hall–Kier alpha value is -1.56. The minimum Gasteiger partial charge on any atom is -0.345 e. The van der Waals surface area contributed by atoms with Crippen molar-refractivity contribution in [2.45, 2.75) is 26.7 Å². The normalized spacial score (nSPS) is 10.4. The van der Waals surface area contributed by atoms with E-state index >= 15 is 0 Å². The van der Waals surface area contributed by atoms with Crippen molar-refractivity contribution in [1.29, 1.82) is 0 Å². The number of amides is 1. The lowest BCUT2D eigenvalue weighted by Gasteiger charge is -2.28. The standard InChI is InChI=1S/C16H22N4O.2ClH/c1-3-16(4-2,11-17)15(21)20-13-7-5-12(6-8-13)14-18-9-10-19-14;;/h5-10H,3-4,11,17H2,1-2H3,(H,18,19)(H,20,21);2*1H. The Kier molecular flexibility index (Phi) is 8.90. The Morgan fingerprint density at radius 3 is 2.26 bits per heavy atom. The number of hydrogen-bond donors (Lipinski definition) is 3. The number of imidazole rings is 1. The molecule has 1 aromatic carbocycles. The van der Waals surface area contributed by atoms with Gasteiger partial charge in [-0.1, -0.05) is 13.8 Å². The van der Waals surface area contributed by atoms with Crippen LogP contribution in [0.3, 0.4) is 0 Å². The second kappa shape index (κ2) is 9.55. The van der Waals surface area contributed by atoms with Gasteiger partial charge in [-0.15, -0.1) is 24.8 Å². The second-order valence-electron chi connectivity index (χ2n) is 5.16. The summed E-state index contributed by atoms with van der Waals surface area (Å²) < 4.78 is 0. The highest BCUT2D eigenvalue weighted by atomic mass is 35.5. The summed E-state index contributed by atoms with van der Waals surface area (Å²) in [5.41, 5.74) is 7.07. The van der Waals surface area contributed by atoms with Crippen LogP contribution in [-0.2, 0) is 4.79 Å². The zero-order valence-corrected chi connectivity index (χ0v) is 15.0. The zero-order valence-electron chi connectivity index (χ0n) is 13.3. The highest BCUT2D eigenvalue weighted by Crippen LogP contribution is 2.27. The number of hydrogen-bond acceptors (Lipinski definition) is 3. The molecule has 0 aliphatic rings. The molecule has 1 aromatic heterocycles. The number of halogens is 2. The molecule has 2 aromatic rings. The fourth-order valence-electron chi connectivity index (χ4n) is 2.35. The smallest absolute Gasteiger partial charge is 0.231 e. The molecule has 7 heteroatoms. The van der Waals surface area contributed by atoms with Crippen LogP contribution in [0.15, 0.2) is 36.7 Å². The van der Waals surface area contributed by atoms with Crippen molar-refractivity contribution in [1.82, 2.24) is 9.97 Å². The predicted octanol–water partition coefficient (Wildman–Crippen LogP) is 3.62. The van der Waals surface area contributed by atoms with Gasteiger partial charge in [0.2, 0.25) is 5.91 Å². The van der Waals surface area contributed by atoms with Gasteiger partial charge in [0.25, 0.3) is 0 Å². The van der Waals surface area contributed by atoms with Crippen molar-refractivity contribution in [3.63, 3.8) is 0 Å². The fourth-order valence-corrected chi connectivity index (χ4v) is 2.35. The molecular formula is C16H24Cl2N4O. The Balaban J connectivity index is 0.00000242. The minimum absolute atomic E-state index is 0. The molecule has 0 radical (unpaired) electrons. The molecule has 0 aliphatic carbocycles. The Morgan fingerprint density at radius 1 is 1.22 bits per heavy atom. The van der Waals surface area contributed by atoms with Crippen LogP contribution in [0.4, 0.5) is 5.69 Å². The van der Waals surface area contributed by atoms with Gasteiger partial charge in [0.15, 0.2) is 0 Å². The van der Waals surface area contributed by atoms with Crippen LogP contribution >= 0.6 is 24.8 Å². The number of carbonyl (C=O) groups excluding carboxylic acids is 1. The van der Waals surface area contributed by atoms with Gasteiger partial charge in [-0.3, -0.25) is 4.79 Å². The van der Waals surface area contributed by atoms with Gasteiger partial charge < -0.3 is 16.0 Å². The summed E-state index contributed by atoms with van der Waals surface area (Å²) >= 11 is 0. The number of carbonyl (C=O) groups is 1. The molecule has 23 heavy (non-hydrogen) atoms. The molecule has 0 atom stereocenters. The molecule has 0 aliphatic heterocycles. The van der Waals surface area contributed by atoms with Crippen molar-refractivity contribution in [2.24, 2.45) is 11.1 Å². The Morgan fingerprint density at radius 2 is 1.83 bits per heavy atom. The third-order valence-corrected chi connectivity index (χ3v) is 4.14. The fraction of sp³-hybridized carbons (Fsp3) is 0.375. The second-order valence-corrected chi connectivity index (χ2v) is 5.16. The van der Waals surface area contributed by atoms with Crippen LogP contribution in [0.25, 0.3) is 11.4 Å². The van der Waals surface area contributed by atoms with Gasteiger partial charge in [-0.05, 0) is 37.1 Å². The Labute approximate surface area is 149 Å². The number of rotatable bonds is 6. The number of benzene rings is 1. The molecule has 5 nitrogen and oxygen atoms in total. The number of aromatic amines is 1. The minimum atomic E-state index is -0.486. The van der Waals surface area contributed by atoms with Crippen LogP contribution in [0, 0.1) is 5.41 Å². The van der Waals surface area contributed by atoms with Crippen LogP contribution in [0.5, 0.6) is 0 Å². The lowest BCUT2D eigenvalue weighted by molar-refractivity contribution is -0.125. The van der Waals surface area contributed by atoms with Crippen LogP contribution < -0.4 is 11.1 Å². The van der Waals surface area contributed by atoms with Gasteiger partial charge in [-0.25, -0.2) is 4.98 Å². The molecule has 0 unspecified atom stereocenters. The summed E-state index contributed by atoms with van der Waals surface area (Å²) in [6.07, 6.45) is 4.96. The first-order chi connectivity index (χ1) is 10.1. The zero-order chi connectivity index (χ0) is 15.3. The quantitative estimate of drug-likeness (QED) is 0.737. The average molecular weight is 359 g/mol. The SMILES string of the molecule is CCC(CC)(CN)C(=O)Nc1ccc(-c2ncc[nH]2)cc1.Cl.Cl. The average Bonchev–Trinajstić information content (AvgIpc) is 3.05. The molecule has 2 rings (SSSR count). The molecule has 0 saturated carbocycles. The maximum atomic E-state index is 12.4. The van der Waals surface area contributed by atoms with E-state index in [1.54, 1.807) is 12.4 Å². The number of nitrogens with two attached hydrogens (primary N) is 1. The number of nitrogens with zero attached hydrogens (tertiary/aromatic N) is 1. The first kappa shape index (κ1) is 21.4. The summed E-state index contributed by atoms with van der Waals surface area (Å²) in [6.45, 7) is 4.35. The van der Waals surface area contributed by atoms with Crippen molar-refractivity contribution in [3.05, 3.63) is 36.7 Å². The van der Waals surface area contributed by atoms with Crippen molar-refractivity contribution in [3.8, 4) is 11.4 Å². The summed E-state index contributed by atoms with van der Waals surface area (Å²) in [6, 6.07) is 7.61. The lowest BCUT2D eigenvalue weighted by atomic mass is 9.81. The highest BCUT2D eigenvalue weighted by molar-refractivity contribution is 5.95. The van der Waals surface area contributed by atoms with E-state index in [0.29, 0.717) is 6.54 Å². The lowest BCUT2D eigenvalue weighted by Crippen LogP contribution is -2.41. The highest BCUT2D eigenvalue weighted by Gasteiger charge is 2.33. The van der Waals surface area contributed by atoms with E-state index in [-0.39, 0.29) is 30.7 Å². The van der Waals surface area contributed by atoms with E-state index in [4.69, 9.17) is 5.73 Å². The molecule has 0 fully saturated rings. The molecule has 1 amide bonds. The van der Waals surface area contributed by atoms with E-state index in [9.17, 15) is 4.79 Å². The largest absolute Gasteiger partial charge is 0.345 e. The molecule has 0 saturated heterocycles. The third kappa shape index (κ3) is 4.70. The topological polar surface area (TPSA) is 83.8 Å². The van der Waals surface area contributed by atoms with E-state index in [2.05, 4.69) is 15.3 Å². The third-order valence-electron chi connectivity index (χ3n) is 4.14. The monoisotopic (exact) mass is 358 g/mol. The first-order valence-corrected chi connectivity index (χ1v) is 7.26. The summed E-state index contributed by atoms with van der Waals surface area (Å²) in [5.74, 6) is 0.798. The van der Waals surface area contributed by atoms with Gasteiger partial charge in [-0.2, -0.15) is 0 Å². The van der Waals surface area contributed by atoms with E-state index in [1.807, 2.05) is 38.1 Å². The van der Waals surface area contributed by atoms with Crippen molar-refractivity contribution >= 4 is 36.4 Å². The summed E-state index contributed by atoms with van der Waals surface area (Å²) in [4.78, 5) is 19.7. The molecule has 0 spiro atoms. The van der Waals surface area contributed by atoms with E-state index in [0.717, 1.165) is 29.9 Å². The number of nitrogens with one attached hydrogen (secondary N) is 2. The number of anilines is 1. The van der Waals surface area contributed by atoms with Crippen molar-refractivity contribution in [2.75, 3.05) is 11.9 Å². The Bertz CT molecular complexity index is 572. The van der Waals surface area contributed by atoms with Gasteiger partial charge >= 0.3 is 0 Å². The van der Waals surface area contributed by atoms with Gasteiger partial charge in [0.1, 0.15) is 5.82 Å². The van der Waals surface area contributed by atoms with E-state index in [1.165, 1.54) is 0 Å². The molecule has 0 bridgehead atoms. The van der Waals surface area contributed by atoms with Crippen molar-refractivity contribution < 1.29 is 4.79 Å². The summed E-state index contributed by atoms with van der Waals surface area (Å²) in [7, 11) is 0. The molecule has 1 heterocycles. The maximum absolute atomic E-state index is 12.4. The van der Waals surface area contributed by atoms with Crippen LogP contribution in [0.1, 0.15) is 26.7 Å². The maximum Gasteiger partial charge on any atom is 0.231 e. The summed E-state index contributed by atoms with van der Waals surface area (Å²) in [5, 5.41) is 2.96. The number of aromatic nitrogens is 2. The van der Waals surface area contributed by atoms with Crippen LogP contribution in [0.2, 0.25) is 0 Å². The van der Waals surface area contributed by atoms with Gasteiger partial charge in [0, 0.05) is 30.2 Å². The van der Waals surface area contributed by atoms with Gasteiger partial charge in [0.05, 0.1) is 5.41 Å². The van der Waals surface area contributed by atoms with E-state index < -0.39 is 5.41 Å². The first-order valence-electron chi connectivity index (χ1n) is 7.26. The number of H-pyrrole nitrogens is 1. The molecular weight excluding hydrogens is 335 g/mol. The molecule has 128 valence electrons. The predicted molar refractivity (Wildman–Crippen MR) is 99.2 cm³/mol. The molecule has 4 N–H and O–H groups in total.